The molecule has 0 N–H and O–H groups in total. The summed E-state index contributed by atoms with van der Waals surface area (Å²) in [6.07, 6.45) is 1.91. The third kappa shape index (κ3) is 3.78. The molecule has 1 aliphatic heterocycles. The molecule has 0 spiro atoms. The summed E-state index contributed by atoms with van der Waals surface area (Å²) in [7, 11) is 3.22. The lowest BCUT2D eigenvalue weighted by molar-refractivity contribution is 0.0915. The molecule has 0 radical (unpaired) electrons. The van der Waals surface area contributed by atoms with Gasteiger partial charge in [0.15, 0.2) is 5.13 Å². The Morgan fingerprint density at radius 1 is 1.09 bits per heavy atom. The Bertz CT molecular complexity index is 1280. The topological polar surface area (TPSA) is 60.9 Å². The highest BCUT2D eigenvalue weighted by Crippen LogP contribution is 2.36. The highest BCUT2D eigenvalue weighted by Gasteiger charge is 2.29. The van der Waals surface area contributed by atoms with E-state index in [1.165, 1.54) is 11.3 Å². The van der Waals surface area contributed by atoms with E-state index >= 15 is 0 Å². The third-order valence-electron chi connectivity index (χ3n) is 5.78. The molecule has 0 bridgehead atoms. The summed E-state index contributed by atoms with van der Waals surface area (Å²) in [5, 5.41) is 2.64. The number of amides is 1. The van der Waals surface area contributed by atoms with E-state index in [1.807, 2.05) is 54.6 Å². The lowest BCUT2D eigenvalue weighted by Gasteiger charge is -2.24. The maximum atomic E-state index is 13.9. The Balaban J connectivity index is 1.61. The Kier molecular flexibility index (Phi) is 5.68. The van der Waals surface area contributed by atoms with Gasteiger partial charge in [-0.2, -0.15) is 0 Å². The second-order valence-corrected chi connectivity index (χ2v) is 8.76. The van der Waals surface area contributed by atoms with Crippen LogP contribution in [0.4, 0.5) is 5.13 Å². The van der Waals surface area contributed by atoms with Gasteiger partial charge < -0.3 is 14.2 Å². The van der Waals surface area contributed by atoms with Crippen LogP contribution in [0.15, 0.2) is 54.6 Å². The second-order valence-electron chi connectivity index (χ2n) is 7.75. The van der Waals surface area contributed by atoms with Gasteiger partial charge in [0.2, 0.25) is 0 Å². The number of hydrogen-bond acceptors (Lipinski definition) is 6. The van der Waals surface area contributed by atoms with Crippen molar-refractivity contribution in [2.24, 2.45) is 0 Å². The number of thiazole rings is 1. The van der Waals surface area contributed by atoms with Crippen LogP contribution >= 0.6 is 11.3 Å². The van der Waals surface area contributed by atoms with Gasteiger partial charge in [0.25, 0.3) is 5.91 Å². The summed E-state index contributed by atoms with van der Waals surface area (Å²) in [6.45, 7) is 1.16. The number of benzene rings is 3. The average Bonchev–Trinajstić information content (AvgIpc) is 3.50. The van der Waals surface area contributed by atoms with Crippen molar-refractivity contribution in [1.82, 2.24) is 4.98 Å². The molecule has 1 saturated heterocycles. The molecule has 1 aromatic heterocycles. The number of carbonyl (C=O) groups is 1. The minimum absolute atomic E-state index is 0.0145. The number of methoxy groups -OCH3 is 2. The molecule has 0 saturated carbocycles. The number of hydrogen-bond donors (Lipinski definition) is 0. The molecule has 1 atom stereocenters. The van der Waals surface area contributed by atoms with Crippen molar-refractivity contribution >= 4 is 43.4 Å². The first-order chi connectivity index (χ1) is 15.7. The van der Waals surface area contributed by atoms with Crippen molar-refractivity contribution in [2.45, 2.75) is 18.9 Å². The van der Waals surface area contributed by atoms with Crippen LogP contribution < -0.4 is 14.4 Å². The summed E-state index contributed by atoms with van der Waals surface area (Å²) in [6, 6.07) is 17.6. The second kappa shape index (κ2) is 8.76. The normalized spacial score (nSPS) is 15.9. The van der Waals surface area contributed by atoms with E-state index in [0.717, 1.165) is 40.4 Å². The number of carbonyl (C=O) groups excluding carboxylic acids is 1. The quantitative estimate of drug-likeness (QED) is 0.401. The molecule has 4 aromatic rings. The van der Waals surface area contributed by atoms with Gasteiger partial charge in [-0.25, -0.2) is 4.98 Å². The summed E-state index contributed by atoms with van der Waals surface area (Å²) >= 11 is 1.48. The lowest BCUT2D eigenvalue weighted by atomic mass is 10.0. The van der Waals surface area contributed by atoms with Crippen LogP contribution in [0.3, 0.4) is 0 Å². The molecule has 164 valence electrons. The smallest absolute Gasteiger partial charge is 0.263 e. The molecule has 3 aromatic carbocycles. The number of aromatic nitrogens is 1. The van der Waals surface area contributed by atoms with Crippen LogP contribution in [-0.2, 0) is 4.74 Å². The van der Waals surface area contributed by atoms with Gasteiger partial charge in [-0.05, 0) is 47.9 Å². The van der Waals surface area contributed by atoms with Crippen LogP contribution in [0.2, 0.25) is 0 Å². The monoisotopic (exact) mass is 448 g/mol. The van der Waals surface area contributed by atoms with Crippen LogP contribution in [0.25, 0.3) is 21.0 Å². The molecule has 1 fully saturated rings. The number of anilines is 1. The van der Waals surface area contributed by atoms with Crippen molar-refractivity contribution < 1.29 is 19.0 Å². The molecular formula is C25H24N2O4S. The largest absolute Gasteiger partial charge is 0.496 e. The van der Waals surface area contributed by atoms with Crippen LogP contribution in [0.5, 0.6) is 11.5 Å². The fourth-order valence-electron chi connectivity index (χ4n) is 4.13. The number of ether oxygens (including phenoxy) is 3. The molecule has 1 amide bonds. The molecule has 32 heavy (non-hydrogen) atoms. The summed E-state index contributed by atoms with van der Waals surface area (Å²) in [5.74, 6) is 1.09. The number of nitrogens with zero attached hydrogens (tertiary/aromatic N) is 2. The van der Waals surface area contributed by atoms with Crippen molar-refractivity contribution in [3.8, 4) is 11.5 Å². The van der Waals surface area contributed by atoms with E-state index < -0.39 is 0 Å². The van der Waals surface area contributed by atoms with Gasteiger partial charge in [0, 0.05) is 6.61 Å². The van der Waals surface area contributed by atoms with Crippen LogP contribution in [-0.4, -0.2) is 44.4 Å². The third-order valence-corrected chi connectivity index (χ3v) is 6.82. The zero-order valence-electron chi connectivity index (χ0n) is 18.0. The summed E-state index contributed by atoms with van der Waals surface area (Å²) in [5.41, 5.74) is 1.26. The van der Waals surface area contributed by atoms with Crippen molar-refractivity contribution in [3.05, 3.63) is 60.2 Å². The zero-order chi connectivity index (χ0) is 22.1. The predicted octanol–water partition coefficient (Wildman–Crippen LogP) is 5.29. The molecule has 5 rings (SSSR count). The Hall–Kier alpha value is -3.16. The molecule has 7 heteroatoms. The fraction of sp³-hybridized carbons (Fsp3) is 0.280. The van der Waals surface area contributed by atoms with Crippen LogP contribution in [0, 0.1) is 0 Å². The number of para-hydroxylation sites is 1. The van der Waals surface area contributed by atoms with E-state index in [9.17, 15) is 4.79 Å². The highest BCUT2D eigenvalue weighted by atomic mass is 32.1. The minimum Gasteiger partial charge on any atom is -0.496 e. The number of fused-ring (bicyclic) bond motifs is 2. The number of rotatable bonds is 6. The molecule has 1 aliphatic rings. The molecule has 2 heterocycles. The van der Waals surface area contributed by atoms with Gasteiger partial charge in [-0.3, -0.25) is 9.69 Å². The SMILES string of the molecule is COc1cc2ccccc2cc1C(=O)N(CC1CCCO1)c1nc2c(OC)cccc2s1. The molecule has 6 nitrogen and oxygen atoms in total. The molecule has 1 unspecified atom stereocenters. The minimum atomic E-state index is -0.152. The highest BCUT2D eigenvalue weighted by molar-refractivity contribution is 7.22. The standard InChI is InChI=1S/C25H24N2O4S/c1-29-20-10-5-11-22-23(20)26-25(32-22)27(15-18-9-6-12-31-18)24(28)19-13-16-7-3-4-8-17(16)14-21(19)30-2/h3-5,7-8,10-11,13-14,18H,6,9,12,15H2,1-2H3. The predicted molar refractivity (Wildman–Crippen MR) is 127 cm³/mol. The Morgan fingerprint density at radius 3 is 2.59 bits per heavy atom. The first-order valence-electron chi connectivity index (χ1n) is 10.6. The Morgan fingerprint density at radius 2 is 1.88 bits per heavy atom. The lowest BCUT2D eigenvalue weighted by Crippen LogP contribution is -2.37. The first-order valence-corrected chi connectivity index (χ1v) is 11.4. The zero-order valence-corrected chi connectivity index (χ0v) is 18.9. The van der Waals surface area contributed by atoms with E-state index in [4.69, 9.17) is 19.2 Å². The van der Waals surface area contributed by atoms with Gasteiger partial charge in [0.1, 0.15) is 17.0 Å². The van der Waals surface area contributed by atoms with E-state index in [0.29, 0.717) is 28.7 Å². The van der Waals surface area contributed by atoms with E-state index in [1.54, 1.807) is 19.1 Å². The maximum Gasteiger partial charge on any atom is 0.263 e. The van der Waals surface area contributed by atoms with Crippen molar-refractivity contribution in [2.75, 3.05) is 32.3 Å². The van der Waals surface area contributed by atoms with Gasteiger partial charge in [-0.15, -0.1) is 0 Å². The summed E-state index contributed by atoms with van der Waals surface area (Å²) in [4.78, 5) is 20.4. The van der Waals surface area contributed by atoms with E-state index in [-0.39, 0.29) is 12.0 Å². The summed E-state index contributed by atoms with van der Waals surface area (Å²) < 4.78 is 17.9. The fourth-order valence-corrected chi connectivity index (χ4v) is 5.12. The van der Waals surface area contributed by atoms with Gasteiger partial charge in [0.05, 0.1) is 37.1 Å². The molecule has 0 aliphatic carbocycles. The average molecular weight is 449 g/mol. The maximum absolute atomic E-state index is 13.9. The van der Waals surface area contributed by atoms with Gasteiger partial charge >= 0.3 is 0 Å². The first kappa shape index (κ1) is 20.7. The van der Waals surface area contributed by atoms with E-state index in [2.05, 4.69) is 0 Å². The Labute approximate surface area is 190 Å². The van der Waals surface area contributed by atoms with Gasteiger partial charge in [-0.1, -0.05) is 41.7 Å². The van der Waals surface area contributed by atoms with Crippen LogP contribution in [0.1, 0.15) is 23.2 Å². The molecular weight excluding hydrogens is 424 g/mol. The van der Waals surface area contributed by atoms with Crippen molar-refractivity contribution in [1.29, 1.82) is 0 Å². The van der Waals surface area contributed by atoms with Crippen molar-refractivity contribution in [3.63, 3.8) is 0 Å².